The normalized spacial score (nSPS) is 22.9. The molecule has 2 amide bonds. The van der Waals surface area contributed by atoms with Gasteiger partial charge in [-0.05, 0) is 79.8 Å². The fraction of sp³-hybridized carbons (Fsp3) is 0.511. The summed E-state index contributed by atoms with van der Waals surface area (Å²) in [4.78, 5) is 57.6. The predicted molar refractivity (Wildman–Crippen MR) is 229 cm³/mol. The summed E-state index contributed by atoms with van der Waals surface area (Å²) in [5.41, 5.74) is 2.90. The molecule has 1 atom stereocenters. The van der Waals surface area contributed by atoms with Crippen molar-refractivity contribution in [2.45, 2.75) is 78.0 Å². The summed E-state index contributed by atoms with van der Waals surface area (Å²) in [7, 11) is 3.14. The zero-order chi connectivity index (χ0) is 42.8. The summed E-state index contributed by atoms with van der Waals surface area (Å²) < 4.78 is 17.5. The summed E-state index contributed by atoms with van der Waals surface area (Å²) >= 11 is 0. The quantitative estimate of drug-likeness (QED) is 0.218. The molecule has 7 rings (SSSR count). The van der Waals surface area contributed by atoms with E-state index in [9.17, 15) is 24.4 Å². The van der Waals surface area contributed by atoms with Crippen LogP contribution in [-0.2, 0) is 9.59 Å². The van der Waals surface area contributed by atoms with Crippen LogP contribution in [0.4, 0.5) is 11.4 Å². The van der Waals surface area contributed by atoms with Gasteiger partial charge in [0.25, 0.3) is 11.8 Å². The van der Waals surface area contributed by atoms with E-state index in [4.69, 9.17) is 14.2 Å². The van der Waals surface area contributed by atoms with E-state index in [1.54, 1.807) is 37.4 Å². The summed E-state index contributed by atoms with van der Waals surface area (Å²) in [6, 6.07) is 20.0. The number of hydrogen-bond acceptors (Lipinski definition) is 11. The van der Waals surface area contributed by atoms with Crippen LogP contribution < -0.4 is 34.6 Å². The maximum Gasteiger partial charge on any atom is 0.251 e. The number of piperazine rings is 1. The number of nitrogens with zero attached hydrogens (tertiary/aromatic N) is 4. The van der Waals surface area contributed by atoms with Crippen LogP contribution in [0.25, 0.3) is 0 Å². The lowest BCUT2D eigenvalue weighted by atomic mass is 9.49. The highest BCUT2D eigenvalue weighted by atomic mass is 16.5. The Labute approximate surface area is 353 Å². The Balaban J connectivity index is 0.853. The molecule has 2 aliphatic carbocycles. The molecule has 60 heavy (non-hydrogen) atoms. The minimum Gasteiger partial charge on any atom is -0.495 e. The van der Waals surface area contributed by atoms with E-state index in [0.717, 1.165) is 70.0 Å². The average molecular weight is 819 g/mol. The molecule has 0 bridgehead atoms. The van der Waals surface area contributed by atoms with Gasteiger partial charge in [-0.15, -0.1) is 0 Å². The van der Waals surface area contributed by atoms with Crippen molar-refractivity contribution in [1.82, 2.24) is 15.5 Å². The van der Waals surface area contributed by atoms with Gasteiger partial charge in [0.15, 0.2) is 5.78 Å². The zero-order valence-corrected chi connectivity index (χ0v) is 35.7. The number of piperidine rings is 1. The number of ketones is 2. The number of benzene rings is 3. The number of Topliss-reactive ketones (excluding diaryl/α,β-unsaturated/α-hetero) is 2. The Morgan fingerprint density at radius 2 is 1.42 bits per heavy atom. The van der Waals surface area contributed by atoms with Gasteiger partial charge in [0.2, 0.25) is 0 Å². The molecule has 2 N–H and O–H groups in total. The molecule has 4 fully saturated rings. The maximum atomic E-state index is 13.6. The maximum absolute atomic E-state index is 13.6. The molecule has 0 spiro atoms. The molecule has 318 valence electrons. The molecule has 4 aliphatic rings. The smallest absolute Gasteiger partial charge is 0.251 e. The van der Waals surface area contributed by atoms with Crippen molar-refractivity contribution in [3.8, 4) is 23.3 Å². The van der Waals surface area contributed by atoms with E-state index in [-0.39, 0.29) is 52.8 Å². The monoisotopic (exact) mass is 818 g/mol. The number of amides is 2. The first-order valence-electron chi connectivity index (χ1n) is 21.1. The third kappa shape index (κ3) is 8.80. The highest BCUT2D eigenvalue weighted by Crippen LogP contribution is 2.55. The molecule has 3 aromatic carbocycles. The number of nitriles is 1. The topological polar surface area (TPSA) is 154 Å². The van der Waals surface area contributed by atoms with Crippen molar-refractivity contribution >= 4 is 34.8 Å². The van der Waals surface area contributed by atoms with Crippen molar-refractivity contribution in [1.29, 1.82) is 5.26 Å². The number of anilines is 2. The molecule has 3 aromatic rings. The van der Waals surface area contributed by atoms with Crippen LogP contribution in [-0.4, -0.2) is 107 Å². The van der Waals surface area contributed by atoms with Crippen LogP contribution >= 0.6 is 0 Å². The van der Waals surface area contributed by atoms with E-state index < -0.39 is 6.04 Å². The highest BCUT2D eigenvalue weighted by Gasteiger charge is 2.64. The summed E-state index contributed by atoms with van der Waals surface area (Å²) in [5.74, 6) is 1.59. The molecule has 1 unspecified atom stereocenters. The largest absolute Gasteiger partial charge is 0.495 e. The van der Waals surface area contributed by atoms with Crippen LogP contribution in [0.5, 0.6) is 17.2 Å². The van der Waals surface area contributed by atoms with Crippen molar-refractivity contribution in [2.24, 2.45) is 16.7 Å². The second-order valence-electron chi connectivity index (χ2n) is 17.9. The van der Waals surface area contributed by atoms with Gasteiger partial charge in [0, 0.05) is 92.0 Å². The van der Waals surface area contributed by atoms with Gasteiger partial charge in [-0.1, -0.05) is 27.7 Å². The number of rotatable bonds is 12. The Kier molecular flexibility index (Phi) is 12.4. The number of carbonyl (C=O) groups excluding carboxylic acids is 4. The van der Waals surface area contributed by atoms with Crippen molar-refractivity contribution in [3.05, 3.63) is 77.4 Å². The summed E-state index contributed by atoms with van der Waals surface area (Å²) in [6.07, 6.45) is 2.57. The van der Waals surface area contributed by atoms with Crippen LogP contribution in [0.1, 0.15) is 86.1 Å². The van der Waals surface area contributed by atoms with Crippen LogP contribution in [0.2, 0.25) is 0 Å². The van der Waals surface area contributed by atoms with Crippen LogP contribution in [0, 0.1) is 28.1 Å². The summed E-state index contributed by atoms with van der Waals surface area (Å²) in [5, 5.41) is 15.5. The number of hydrogen-bond donors (Lipinski definition) is 2. The molecular weight excluding hydrogens is 761 g/mol. The molecule has 2 aliphatic heterocycles. The third-order valence-electron chi connectivity index (χ3n) is 13.2. The lowest BCUT2D eigenvalue weighted by Crippen LogP contribution is -2.74. The van der Waals surface area contributed by atoms with Crippen molar-refractivity contribution in [2.75, 3.05) is 69.8 Å². The Bertz CT molecular complexity index is 2110. The Morgan fingerprint density at radius 1 is 0.767 bits per heavy atom. The van der Waals surface area contributed by atoms with Crippen molar-refractivity contribution < 1.29 is 33.4 Å². The van der Waals surface area contributed by atoms with Gasteiger partial charge >= 0.3 is 0 Å². The first-order chi connectivity index (χ1) is 28.7. The molecule has 13 heteroatoms. The highest BCUT2D eigenvalue weighted by molar-refractivity contribution is 6.06. The van der Waals surface area contributed by atoms with E-state index in [2.05, 4.69) is 71.2 Å². The van der Waals surface area contributed by atoms with Gasteiger partial charge in [-0.2, -0.15) is 5.26 Å². The number of methoxy groups -OCH3 is 2. The van der Waals surface area contributed by atoms with E-state index in [1.165, 1.54) is 7.11 Å². The molecule has 2 saturated heterocycles. The minimum atomic E-state index is -0.627. The first-order valence-corrected chi connectivity index (χ1v) is 21.1. The van der Waals surface area contributed by atoms with E-state index in [1.807, 2.05) is 18.2 Å². The van der Waals surface area contributed by atoms with Gasteiger partial charge in [-0.25, -0.2) is 0 Å². The van der Waals surface area contributed by atoms with Crippen molar-refractivity contribution in [3.63, 3.8) is 0 Å². The molecule has 13 nitrogen and oxygen atoms in total. The lowest BCUT2D eigenvalue weighted by Gasteiger charge is -2.63. The molecule has 0 aromatic heterocycles. The van der Waals surface area contributed by atoms with Gasteiger partial charge < -0.3 is 34.6 Å². The Morgan fingerprint density at radius 3 is 2.05 bits per heavy atom. The molecular formula is C47H58N6O7. The standard InChI is InChI=1S/C47H58N6O7/c1-46(2)44(47(3,4)45(46)60-36-14-9-33(28-48)40(27-36)58-5)50-42(56)31-7-11-34(12-8-31)52-19-17-30(18-20-52)29-51-21-23-53(24-22-51)38-16-10-32(25-41(38)59-6)43(57)49-37-15-13-35(54)26-39(37)55/h7-12,14,16,25,27,30,37,44-45H,13,15,17-24,26,29H2,1-6H3,(H,49,57)(H,50,56). The number of ether oxygens (including phenoxy) is 3. The zero-order valence-electron chi connectivity index (χ0n) is 35.7. The van der Waals surface area contributed by atoms with Crippen LogP contribution in [0.15, 0.2) is 60.7 Å². The lowest BCUT2D eigenvalue weighted by molar-refractivity contribution is -0.164. The fourth-order valence-electron chi connectivity index (χ4n) is 10.1. The van der Waals surface area contributed by atoms with Gasteiger partial charge in [-0.3, -0.25) is 24.1 Å². The van der Waals surface area contributed by atoms with E-state index >= 15 is 0 Å². The average Bonchev–Trinajstić information content (AvgIpc) is 3.25. The molecule has 0 radical (unpaired) electrons. The molecule has 2 heterocycles. The first kappa shape index (κ1) is 42.5. The minimum absolute atomic E-state index is 0.0738. The van der Waals surface area contributed by atoms with Gasteiger partial charge in [0.05, 0.1) is 37.9 Å². The second kappa shape index (κ2) is 17.5. The fourth-order valence-corrected chi connectivity index (χ4v) is 10.1. The predicted octanol–water partition coefficient (Wildman–Crippen LogP) is 5.65. The van der Waals surface area contributed by atoms with Crippen LogP contribution in [0.3, 0.4) is 0 Å². The second-order valence-corrected chi connectivity index (χ2v) is 17.9. The Hall–Kier alpha value is -5.61. The number of nitrogens with one attached hydrogen (secondary N) is 2. The number of carbonyl (C=O) groups is 4. The SMILES string of the molecule is COc1cc(OC2C(C)(C)C(NC(=O)c3ccc(N4CCC(CN5CCN(c6ccc(C(=O)NC7CCC(=O)CC7=O)cc6OC)CC5)CC4)cc3)C2(C)C)ccc1C#N. The summed E-state index contributed by atoms with van der Waals surface area (Å²) in [6.45, 7) is 15.0. The van der Waals surface area contributed by atoms with E-state index in [0.29, 0.717) is 52.7 Å². The van der Waals surface area contributed by atoms with Gasteiger partial charge in [0.1, 0.15) is 35.2 Å². The third-order valence-corrected chi connectivity index (χ3v) is 13.2. The molecule has 2 saturated carbocycles.